The Hall–Kier alpha value is -1.88. The fraction of sp³-hybridized carbons (Fsp3) is 0.375. The highest BCUT2D eigenvalue weighted by Crippen LogP contribution is 2.35. The lowest BCUT2D eigenvalue weighted by molar-refractivity contribution is 0.487. The van der Waals surface area contributed by atoms with E-state index in [9.17, 15) is 0 Å². The number of hydrogen-bond acceptors (Lipinski definition) is 2. The standard InChI is InChI=1S/C16H18N4S/c1-10-14-15(19(2)18-10)20(16(21)17-14)13-9-5-7-11-6-3-4-8-12(11)13/h3-4,6,8,13H,5,7,9H2,1-2H3,(H,17,21). The molecule has 0 radical (unpaired) electrons. The number of H-pyrrole nitrogens is 1. The molecule has 0 saturated carbocycles. The number of aromatic nitrogens is 4. The first kappa shape index (κ1) is 12.8. The number of fused-ring (bicyclic) bond motifs is 2. The van der Waals surface area contributed by atoms with Crippen LogP contribution in [0.1, 0.15) is 35.7 Å². The molecule has 1 aliphatic rings. The fourth-order valence-corrected chi connectivity index (χ4v) is 3.93. The molecule has 1 aliphatic carbocycles. The van der Waals surface area contributed by atoms with E-state index in [0.29, 0.717) is 6.04 Å². The van der Waals surface area contributed by atoms with Crippen molar-refractivity contribution in [1.82, 2.24) is 19.3 Å². The maximum Gasteiger partial charge on any atom is 0.179 e. The van der Waals surface area contributed by atoms with Gasteiger partial charge in [0.05, 0.1) is 11.7 Å². The smallest absolute Gasteiger partial charge is 0.179 e. The number of rotatable bonds is 1. The van der Waals surface area contributed by atoms with Gasteiger partial charge in [-0.05, 0) is 49.5 Å². The summed E-state index contributed by atoms with van der Waals surface area (Å²) in [5.41, 5.74) is 6.01. The van der Waals surface area contributed by atoms with Crippen LogP contribution in [0.2, 0.25) is 0 Å². The lowest BCUT2D eigenvalue weighted by Crippen LogP contribution is -2.18. The van der Waals surface area contributed by atoms with E-state index in [1.165, 1.54) is 17.5 Å². The third-order valence-electron chi connectivity index (χ3n) is 4.52. The normalized spacial score (nSPS) is 18.1. The first-order chi connectivity index (χ1) is 10.2. The molecule has 0 fully saturated rings. The van der Waals surface area contributed by atoms with Crippen molar-refractivity contribution < 1.29 is 0 Å². The van der Waals surface area contributed by atoms with Crippen LogP contribution in [0.25, 0.3) is 11.2 Å². The third kappa shape index (κ3) is 1.80. The largest absolute Gasteiger partial charge is 0.328 e. The quantitative estimate of drug-likeness (QED) is 0.696. The van der Waals surface area contributed by atoms with Crippen LogP contribution in [0, 0.1) is 11.7 Å². The Morgan fingerprint density at radius 2 is 2.14 bits per heavy atom. The summed E-state index contributed by atoms with van der Waals surface area (Å²) >= 11 is 5.60. The van der Waals surface area contributed by atoms with Crippen molar-refractivity contribution in [2.24, 2.45) is 7.05 Å². The van der Waals surface area contributed by atoms with E-state index in [-0.39, 0.29) is 0 Å². The second-order valence-corrected chi connectivity index (χ2v) is 6.20. The molecule has 4 nitrogen and oxygen atoms in total. The molecule has 1 N–H and O–H groups in total. The summed E-state index contributed by atoms with van der Waals surface area (Å²) < 4.78 is 4.99. The summed E-state index contributed by atoms with van der Waals surface area (Å²) in [6, 6.07) is 9.04. The van der Waals surface area contributed by atoms with Crippen LogP contribution in [-0.2, 0) is 13.5 Å². The Morgan fingerprint density at radius 3 is 3.00 bits per heavy atom. The van der Waals surface area contributed by atoms with E-state index in [4.69, 9.17) is 12.2 Å². The van der Waals surface area contributed by atoms with Crippen molar-refractivity contribution in [1.29, 1.82) is 0 Å². The molecule has 108 valence electrons. The summed E-state index contributed by atoms with van der Waals surface area (Å²) in [7, 11) is 1.99. The van der Waals surface area contributed by atoms with E-state index in [1.54, 1.807) is 0 Å². The molecule has 1 unspecified atom stereocenters. The number of nitrogens with one attached hydrogen (secondary N) is 1. The molecule has 5 heteroatoms. The minimum absolute atomic E-state index is 0.311. The molecular weight excluding hydrogens is 280 g/mol. The van der Waals surface area contributed by atoms with Crippen molar-refractivity contribution in [3.05, 3.63) is 45.9 Å². The Balaban J connectivity index is 2.00. The average molecular weight is 298 g/mol. The van der Waals surface area contributed by atoms with Crippen LogP contribution < -0.4 is 0 Å². The van der Waals surface area contributed by atoms with Gasteiger partial charge in [-0.1, -0.05) is 24.3 Å². The fourth-order valence-electron chi connectivity index (χ4n) is 3.62. The Morgan fingerprint density at radius 1 is 1.33 bits per heavy atom. The van der Waals surface area contributed by atoms with Gasteiger partial charge < -0.3 is 4.98 Å². The van der Waals surface area contributed by atoms with E-state index in [2.05, 4.69) is 38.9 Å². The SMILES string of the molecule is Cc1nn(C)c2c1[nH]c(=S)n2C1CCCc2ccccc21. The predicted octanol–water partition coefficient (Wildman–Crippen LogP) is 3.67. The van der Waals surface area contributed by atoms with Crippen molar-refractivity contribution in [2.75, 3.05) is 0 Å². The van der Waals surface area contributed by atoms with Gasteiger partial charge >= 0.3 is 0 Å². The number of imidazole rings is 1. The van der Waals surface area contributed by atoms with E-state index < -0.39 is 0 Å². The number of hydrogen-bond donors (Lipinski definition) is 1. The monoisotopic (exact) mass is 298 g/mol. The predicted molar refractivity (Wildman–Crippen MR) is 86.1 cm³/mol. The number of aryl methyl sites for hydroxylation is 3. The summed E-state index contributed by atoms with van der Waals surface area (Å²) in [5.74, 6) is 0. The van der Waals surface area contributed by atoms with Gasteiger partial charge in [0.25, 0.3) is 0 Å². The minimum Gasteiger partial charge on any atom is -0.328 e. The first-order valence-electron chi connectivity index (χ1n) is 7.38. The zero-order valence-corrected chi connectivity index (χ0v) is 13.1. The highest BCUT2D eigenvalue weighted by atomic mass is 32.1. The Labute approximate surface area is 128 Å². The zero-order valence-electron chi connectivity index (χ0n) is 12.3. The molecule has 2 aromatic heterocycles. The Kier molecular flexibility index (Phi) is 2.79. The van der Waals surface area contributed by atoms with Crippen molar-refractivity contribution in [3.63, 3.8) is 0 Å². The van der Waals surface area contributed by atoms with Gasteiger partial charge in [0.1, 0.15) is 5.52 Å². The molecule has 2 heterocycles. The van der Waals surface area contributed by atoms with Crippen LogP contribution in [0.15, 0.2) is 24.3 Å². The Bertz CT molecular complexity index is 883. The summed E-state index contributed by atoms with van der Waals surface area (Å²) in [6.07, 6.45) is 3.49. The minimum atomic E-state index is 0.311. The number of nitrogens with zero attached hydrogens (tertiary/aromatic N) is 3. The topological polar surface area (TPSA) is 38.5 Å². The lowest BCUT2D eigenvalue weighted by Gasteiger charge is -2.27. The molecule has 21 heavy (non-hydrogen) atoms. The molecule has 0 saturated heterocycles. The van der Waals surface area contributed by atoms with E-state index in [1.807, 2.05) is 18.7 Å². The number of aromatic amines is 1. The summed E-state index contributed by atoms with van der Waals surface area (Å²) in [4.78, 5) is 3.34. The van der Waals surface area contributed by atoms with Gasteiger partial charge in [-0.25, -0.2) is 0 Å². The second-order valence-electron chi connectivity index (χ2n) is 5.81. The zero-order chi connectivity index (χ0) is 14.6. The third-order valence-corrected chi connectivity index (χ3v) is 4.82. The summed E-state index contributed by atoms with van der Waals surface area (Å²) in [6.45, 7) is 2.02. The maximum absolute atomic E-state index is 5.60. The van der Waals surface area contributed by atoms with Crippen molar-refractivity contribution >= 4 is 23.4 Å². The van der Waals surface area contributed by atoms with Crippen molar-refractivity contribution in [2.45, 2.75) is 32.2 Å². The number of benzene rings is 1. The van der Waals surface area contributed by atoms with Crippen LogP contribution >= 0.6 is 12.2 Å². The lowest BCUT2D eigenvalue weighted by atomic mass is 9.87. The van der Waals surface area contributed by atoms with Gasteiger partial charge in [-0.2, -0.15) is 5.10 Å². The molecule has 0 bridgehead atoms. The molecule has 1 aromatic carbocycles. The van der Waals surface area contributed by atoms with Crippen LogP contribution in [-0.4, -0.2) is 19.3 Å². The van der Waals surface area contributed by atoms with Gasteiger partial charge in [0.15, 0.2) is 10.4 Å². The molecular formula is C16H18N4S. The second kappa shape index (κ2) is 4.56. The van der Waals surface area contributed by atoms with Gasteiger partial charge in [-0.15, -0.1) is 0 Å². The van der Waals surface area contributed by atoms with Crippen LogP contribution in [0.5, 0.6) is 0 Å². The molecule has 0 spiro atoms. The molecule has 0 amide bonds. The highest BCUT2D eigenvalue weighted by molar-refractivity contribution is 7.71. The highest BCUT2D eigenvalue weighted by Gasteiger charge is 2.25. The van der Waals surface area contributed by atoms with E-state index >= 15 is 0 Å². The first-order valence-corrected chi connectivity index (χ1v) is 7.79. The van der Waals surface area contributed by atoms with Gasteiger partial charge in [0, 0.05) is 7.05 Å². The maximum atomic E-state index is 5.60. The molecule has 3 aromatic rings. The van der Waals surface area contributed by atoms with E-state index in [0.717, 1.165) is 34.5 Å². The van der Waals surface area contributed by atoms with Crippen LogP contribution in [0.3, 0.4) is 0 Å². The summed E-state index contributed by atoms with van der Waals surface area (Å²) in [5, 5.41) is 4.52. The molecule has 0 aliphatic heterocycles. The van der Waals surface area contributed by atoms with Crippen molar-refractivity contribution in [3.8, 4) is 0 Å². The average Bonchev–Trinajstić information content (AvgIpc) is 2.96. The van der Waals surface area contributed by atoms with Crippen LogP contribution in [0.4, 0.5) is 0 Å². The molecule has 4 rings (SSSR count). The molecule has 1 atom stereocenters. The van der Waals surface area contributed by atoms with Gasteiger partial charge in [-0.3, -0.25) is 9.25 Å². The van der Waals surface area contributed by atoms with Gasteiger partial charge in [0.2, 0.25) is 0 Å².